The first kappa shape index (κ1) is 22.6. The second-order valence-corrected chi connectivity index (χ2v) is 9.35. The molecule has 4 rings (SSSR count). The van der Waals surface area contributed by atoms with Gasteiger partial charge in [0.2, 0.25) is 15.9 Å². The normalized spacial score (nSPS) is 15.8. The molecule has 7 nitrogen and oxygen atoms in total. The van der Waals surface area contributed by atoms with Gasteiger partial charge < -0.3 is 5.32 Å². The molecule has 0 saturated carbocycles. The zero-order chi connectivity index (χ0) is 23.6. The number of carbonyl (C=O) groups excluding carboxylic acids is 1. The van der Waals surface area contributed by atoms with Crippen molar-refractivity contribution in [2.45, 2.75) is 12.6 Å². The molecule has 33 heavy (non-hydrogen) atoms. The average Bonchev–Trinajstić information content (AvgIpc) is 3.42. The van der Waals surface area contributed by atoms with Crippen LogP contribution in [-0.2, 0) is 21.0 Å². The fourth-order valence-electron chi connectivity index (χ4n) is 3.47. The van der Waals surface area contributed by atoms with Crippen LogP contribution in [0.4, 0.5) is 24.5 Å². The summed E-state index contributed by atoms with van der Waals surface area (Å²) in [4.78, 5) is 12.3. The number of benzene rings is 2. The summed E-state index contributed by atoms with van der Waals surface area (Å²) in [5.41, 5.74) is -0.0335. The molecule has 0 aliphatic carbocycles. The molecular weight excluding hydrogens is 457 g/mol. The van der Waals surface area contributed by atoms with Crippen LogP contribution < -0.4 is 9.62 Å². The number of hydrogen-bond donors (Lipinski definition) is 1. The maximum Gasteiger partial charge on any atom is 0.418 e. The molecular formula is C22H19F3N4O3S. The number of anilines is 2. The quantitative estimate of drug-likeness (QED) is 0.563. The van der Waals surface area contributed by atoms with Gasteiger partial charge in [0.1, 0.15) is 0 Å². The highest BCUT2D eigenvalue weighted by molar-refractivity contribution is 7.93. The molecule has 1 saturated heterocycles. The summed E-state index contributed by atoms with van der Waals surface area (Å²) < 4.78 is 67.3. The van der Waals surface area contributed by atoms with Crippen LogP contribution in [0.2, 0.25) is 0 Å². The largest absolute Gasteiger partial charge is 0.418 e. The summed E-state index contributed by atoms with van der Waals surface area (Å²) in [6.45, 7) is 0.417. The molecule has 1 aromatic heterocycles. The molecule has 0 unspecified atom stereocenters. The minimum absolute atomic E-state index is 0.109. The van der Waals surface area contributed by atoms with Crippen molar-refractivity contribution in [1.29, 1.82) is 0 Å². The second-order valence-electron chi connectivity index (χ2n) is 7.33. The van der Waals surface area contributed by atoms with Crippen LogP contribution in [-0.4, -0.2) is 36.4 Å². The van der Waals surface area contributed by atoms with Gasteiger partial charge in [0.25, 0.3) is 0 Å². The van der Waals surface area contributed by atoms with Crippen molar-refractivity contribution in [1.82, 2.24) is 9.78 Å². The fourth-order valence-corrected chi connectivity index (χ4v) is 5.03. The van der Waals surface area contributed by atoms with Gasteiger partial charge >= 0.3 is 6.18 Å². The van der Waals surface area contributed by atoms with Gasteiger partial charge in [-0.3, -0.25) is 9.10 Å². The molecule has 172 valence electrons. The lowest BCUT2D eigenvalue weighted by molar-refractivity contribution is -0.137. The predicted octanol–water partition coefficient (Wildman–Crippen LogP) is 4.08. The SMILES string of the molecule is O=C(/C=C/c1ccc(N2CCCS2(=O)=O)cc1)Nc1ccc(-n2cccn2)cc1C(F)(F)F. The van der Waals surface area contributed by atoms with Crippen LogP contribution in [0.15, 0.2) is 67.0 Å². The molecule has 1 N–H and O–H groups in total. The van der Waals surface area contributed by atoms with Crippen molar-refractivity contribution in [3.8, 4) is 5.69 Å². The lowest BCUT2D eigenvalue weighted by atomic mass is 10.1. The van der Waals surface area contributed by atoms with Gasteiger partial charge in [0.05, 0.1) is 28.4 Å². The van der Waals surface area contributed by atoms with E-state index in [1.807, 2.05) is 0 Å². The number of nitrogens with one attached hydrogen (secondary N) is 1. The van der Waals surface area contributed by atoms with Crippen molar-refractivity contribution in [3.63, 3.8) is 0 Å². The molecule has 3 aromatic rings. The minimum atomic E-state index is -4.68. The summed E-state index contributed by atoms with van der Waals surface area (Å²) in [7, 11) is -3.29. The lowest BCUT2D eigenvalue weighted by Gasteiger charge is -2.16. The summed E-state index contributed by atoms with van der Waals surface area (Å²) in [6, 6.07) is 11.6. The van der Waals surface area contributed by atoms with Crippen molar-refractivity contribution in [3.05, 3.63) is 78.1 Å². The molecule has 0 radical (unpaired) electrons. The summed E-state index contributed by atoms with van der Waals surface area (Å²) in [5, 5.41) is 6.18. The summed E-state index contributed by atoms with van der Waals surface area (Å²) in [5.74, 6) is -0.629. The standard InChI is InChI=1S/C22H19F3N4O3S/c23-22(24,25)19-15-18(28-12-1-11-26-28)8-9-20(19)27-21(30)10-5-16-3-6-17(7-4-16)29-13-2-14-33(29,31)32/h1,3-12,15H,2,13-14H2,(H,27,30)/b10-5+. The highest BCUT2D eigenvalue weighted by Gasteiger charge is 2.34. The Morgan fingerprint density at radius 1 is 1.09 bits per heavy atom. The maximum absolute atomic E-state index is 13.5. The Balaban J connectivity index is 1.48. The Bertz CT molecular complexity index is 1290. The molecule has 1 fully saturated rings. The fraction of sp³-hybridized carbons (Fsp3) is 0.182. The van der Waals surface area contributed by atoms with Crippen molar-refractivity contribution < 1.29 is 26.4 Å². The first-order valence-electron chi connectivity index (χ1n) is 9.94. The summed E-state index contributed by atoms with van der Waals surface area (Å²) in [6.07, 6.45) is 1.39. The number of carbonyl (C=O) groups is 1. The van der Waals surface area contributed by atoms with Crippen LogP contribution in [0.25, 0.3) is 11.8 Å². The molecule has 1 aliphatic rings. The first-order chi connectivity index (χ1) is 15.6. The first-order valence-corrected chi connectivity index (χ1v) is 11.6. The second kappa shape index (κ2) is 8.74. The van der Waals surface area contributed by atoms with E-state index in [0.717, 1.165) is 12.1 Å². The van der Waals surface area contributed by atoms with Crippen LogP contribution in [0.5, 0.6) is 0 Å². The topological polar surface area (TPSA) is 84.3 Å². The van der Waals surface area contributed by atoms with Crippen molar-refractivity contribution in [2.24, 2.45) is 0 Å². The highest BCUT2D eigenvalue weighted by atomic mass is 32.2. The van der Waals surface area contributed by atoms with Gasteiger partial charge in [-0.15, -0.1) is 0 Å². The van der Waals surface area contributed by atoms with Gasteiger partial charge in [-0.25, -0.2) is 13.1 Å². The third-order valence-electron chi connectivity index (χ3n) is 5.04. The van der Waals surface area contributed by atoms with Gasteiger partial charge in [-0.05, 0) is 54.5 Å². The Hall–Kier alpha value is -3.60. The number of amides is 1. The number of halogens is 3. The Morgan fingerprint density at radius 3 is 2.42 bits per heavy atom. The lowest BCUT2D eigenvalue weighted by Crippen LogP contribution is -2.24. The molecule has 2 aromatic carbocycles. The van der Waals surface area contributed by atoms with Gasteiger partial charge in [-0.2, -0.15) is 18.3 Å². The van der Waals surface area contributed by atoms with Gasteiger partial charge in [0, 0.05) is 25.0 Å². The smallest absolute Gasteiger partial charge is 0.322 e. The van der Waals surface area contributed by atoms with Crippen LogP contribution >= 0.6 is 0 Å². The Kier molecular flexibility index (Phi) is 5.98. The number of aromatic nitrogens is 2. The molecule has 0 spiro atoms. The van der Waals surface area contributed by atoms with Crippen molar-refractivity contribution >= 4 is 33.4 Å². The average molecular weight is 476 g/mol. The van der Waals surface area contributed by atoms with Crippen LogP contribution in [0, 0.1) is 0 Å². The van der Waals surface area contributed by atoms with E-state index >= 15 is 0 Å². The molecule has 11 heteroatoms. The Labute approximate surface area is 188 Å². The number of rotatable bonds is 5. The molecule has 0 bridgehead atoms. The molecule has 1 aliphatic heterocycles. The third-order valence-corrected chi connectivity index (χ3v) is 6.91. The zero-order valence-electron chi connectivity index (χ0n) is 17.2. The van der Waals surface area contributed by atoms with E-state index in [1.165, 1.54) is 39.6 Å². The van der Waals surface area contributed by atoms with Crippen molar-refractivity contribution in [2.75, 3.05) is 21.9 Å². The number of alkyl halides is 3. The van der Waals surface area contributed by atoms with Gasteiger partial charge in [-0.1, -0.05) is 12.1 Å². The molecule has 0 atom stereocenters. The third kappa shape index (κ3) is 5.08. The van der Waals surface area contributed by atoms with E-state index in [2.05, 4.69) is 10.4 Å². The van der Waals surface area contributed by atoms with E-state index in [-0.39, 0.29) is 17.1 Å². The minimum Gasteiger partial charge on any atom is -0.322 e. The molecule has 2 heterocycles. The number of sulfonamides is 1. The number of hydrogen-bond acceptors (Lipinski definition) is 4. The van der Waals surface area contributed by atoms with Crippen LogP contribution in [0.1, 0.15) is 17.5 Å². The molecule has 1 amide bonds. The van der Waals surface area contributed by atoms with E-state index in [9.17, 15) is 26.4 Å². The highest BCUT2D eigenvalue weighted by Crippen LogP contribution is 2.36. The zero-order valence-corrected chi connectivity index (χ0v) is 18.0. The van der Waals surface area contributed by atoms with E-state index in [1.54, 1.807) is 30.3 Å². The predicted molar refractivity (Wildman–Crippen MR) is 118 cm³/mol. The Morgan fingerprint density at radius 2 is 1.82 bits per heavy atom. The number of nitrogens with zero attached hydrogens (tertiary/aromatic N) is 3. The van der Waals surface area contributed by atoms with E-state index in [0.29, 0.717) is 24.2 Å². The van der Waals surface area contributed by atoms with Gasteiger partial charge in [0.15, 0.2) is 0 Å². The van der Waals surface area contributed by atoms with E-state index in [4.69, 9.17) is 0 Å². The van der Waals surface area contributed by atoms with Crippen LogP contribution in [0.3, 0.4) is 0 Å². The monoisotopic (exact) mass is 476 g/mol. The van der Waals surface area contributed by atoms with E-state index < -0.39 is 27.7 Å². The summed E-state index contributed by atoms with van der Waals surface area (Å²) >= 11 is 0. The maximum atomic E-state index is 13.5.